The van der Waals surface area contributed by atoms with Gasteiger partial charge in [-0.1, -0.05) is 18.2 Å². The summed E-state index contributed by atoms with van der Waals surface area (Å²) in [5.74, 6) is -1.02. The van der Waals surface area contributed by atoms with E-state index in [0.717, 1.165) is 12.0 Å². The summed E-state index contributed by atoms with van der Waals surface area (Å²) in [6.07, 6.45) is 4.22. The summed E-state index contributed by atoms with van der Waals surface area (Å²) >= 11 is 0. The number of carbonyl (C=O) groups is 1. The second kappa shape index (κ2) is 7.76. The van der Waals surface area contributed by atoms with Crippen molar-refractivity contribution in [3.8, 4) is 5.75 Å². The molecule has 0 aliphatic heterocycles. The fraction of sp³-hybridized carbons (Fsp3) is 0.182. The molecule has 2 aromatic carbocycles. The lowest BCUT2D eigenvalue weighted by molar-refractivity contribution is -0.117. The Morgan fingerprint density at radius 1 is 1.14 bits per heavy atom. The van der Waals surface area contributed by atoms with Crippen LogP contribution in [0.5, 0.6) is 5.75 Å². The number of hydrogen-bond donors (Lipinski definition) is 1. The van der Waals surface area contributed by atoms with Gasteiger partial charge in [0.15, 0.2) is 11.6 Å². The van der Waals surface area contributed by atoms with E-state index < -0.39 is 5.82 Å². The molecule has 28 heavy (non-hydrogen) atoms. The lowest BCUT2D eigenvalue weighted by Crippen LogP contribution is -2.14. The summed E-state index contributed by atoms with van der Waals surface area (Å²) in [6, 6.07) is 14.0. The van der Waals surface area contributed by atoms with Gasteiger partial charge < -0.3 is 10.1 Å². The standard InChI is InChI=1S/C22H18F2N2O2/c23-16-5-1-3-14(9-16)13-28-21-7-6-17(10-20(21)24)26-22(27)19-11-18(19)15-4-2-8-25-12-15/h1-10,12,18-19H,11,13H2,(H,26,27). The van der Waals surface area contributed by atoms with Crippen LogP contribution in [0.3, 0.4) is 0 Å². The fourth-order valence-corrected chi connectivity index (χ4v) is 3.17. The Labute approximate surface area is 161 Å². The van der Waals surface area contributed by atoms with Crippen molar-refractivity contribution in [3.63, 3.8) is 0 Å². The molecular weight excluding hydrogens is 362 g/mol. The monoisotopic (exact) mass is 380 g/mol. The summed E-state index contributed by atoms with van der Waals surface area (Å²) in [7, 11) is 0. The number of aromatic nitrogens is 1. The second-order valence-corrected chi connectivity index (χ2v) is 6.79. The third-order valence-electron chi connectivity index (χ3n) is 4.72. The van der Waals surface area contributed by atoms with E-state index in [4.69, 9.17) is 4.74 Å². The molecule has 142 valence electrons. The average molecular weight is 380 g/mol. The van der Waals surface area contributed by atoms with E-state index in [1.807, 2.05) is 12.1 Å². The van der Waals surface area contributed by atoms with Crippen LogP contribution in [0.1, 0.15) is 23.5 Å². The van der Waals surface area contributed by atoms with E-state index in [1.54, 1.807) is 30.6 Å². The van der Waals surface area contributed by atoms with Crippen LogP contribution in [-0.2, 0) is 11.4 Å². The van der Waals surface area contributed by atoms with Gasteiger partial charge in [-0.05, 0) is 53.8 Å². The Kier molecular flexibility index (Phi) is 5.02. The highest BCUT2D eigenvalue weighted by Crippen LogP contribution is 2.47. The van der Waals surface area contributed by atoms with Crippen LogP contribution >= 0.6 is 0 Å². The third kappa shape index (κ3) is 4.17. The molecule has 4 nitrogen and oxygen atoms in total. The molecule has 0 saturated heterocycles. The van der Waals surface area contributed by atoms with E-state index in [1.165, 1.54) is 24.3 Å². The number of benzene rings is 2. The number of anilines is 1. The molecule has 1 heterocycles. The first-order valence-corrected chi connectivity index (χ1v) is 8.98. The molecule has 1 fully saturated rings. The number of rotatable bonds is 6. The minimum absolute atomic E-state index is 0.0434. The molecule has 4 rings (SSSR count). The lowest BCUT2D eigenvalue weighted by Gasteiger charge is -2.10. The van der Waals surface area contributed by atoms with Crippen LogP contribution in [0.15, 0.2) is 67.0 Å². The molecule has 0 radical (unpaired) electrons. The zero-order valence-electron chi connectivity index (χ0n) is 14.9. The quantitative estimate of drug-likeness (QED) is 0.676. The lowest BCUT2D eigenvalue weighted by atomic mass is 10.1. The first-order chi connectivity index (χ1) is 13.6. The zero-order chi connectivity index (χ0) is 19.5. The first kappa shape index (κ1) is 18.1. The Balaban J connectivity index is 1.35. The number of nitrogens with zero attached hydrogens (tertiary/aromatic N) is 1. The molecule has 2 atom stereocenters. The van der Waals surface area contributed by atoms with E-state index in [-0.39, 0.29) is 35.9 Å². The zero-order valence-corrected chi connectivity index (χ0v) is 14.9. The van der Waals surface area contributed by atoms with Crippen molar-refractivity contribution >= 4 is 11.6 Å². The van der Waals surface area contributed by atoms with Gasteiger partial charge in [0, 0.05) is 30.1 Å². The van der Waals surface area contributed by atoms with Crippen molar-refractivity contribution in [1.82, 2.24) is 4.98 Å². The minimum atomic E-state index is -0.589. The molecule has 1 aliphatic carbocycles. The van der Waals surface area contributed by atoms with Crippen LogP contribution < -0.4 is 10.1 Å². The van der Waals surface area contributed by atoms with Gasteiger partial charge >= 0.3 is 0 Å². The van der Waals surface area contributed by atoms with Crippen molar-refractivity contribution < 1.29 is 18.3 Å². The van der Waals surface area contributed by atoms with Crippen LogP contribution in [0.4, 0.5) is 14.5 Å². The number of carbonyl (C=O) groups excluding carboxylic acids is 1. The maximum Gasteiger partial charge on any atom is 0.228 e. The number of nitrogens with one attached hydrogen (secondary N) is 1. The fourth-order valence-electron chi connectivity index (χ4n) is 3.17. The molecule has 1 N–H and O–H groups in total. The summed E-state index contributed by atoms with van der Waals surface area (Å²) in [5.41, 5.74) is 2.01. The SMILES string of the molecule is O=C(Nc1ccc(OCc2cccc(F)c2)c(F)c1)C1CC1c1cccnc1. The highest BCUT2D eigenvalue weighted by molar-refractivity contribution is 5.95. The topological polar surface area (TPSA) is 51.2 Å². The van der Waals surface area contributed by atoms with Gasteiger partial charge in [0.05, 0.1) is 0 Å². The predicted octanol–water partition coefficient (Wildman–Crippen LogP) is 4.68. The van der Waals surface area contributed by atoms with Gasteiger partial charge in [-0.15, -0.1) is 0 Å². The van der Waals surface area contributed by atoms with Crippen LogP contribution in [0, 0.1) is 17.6 Å². The molecule has 2 unspecified atom stereocenters. The molecule has 1 saturated carbocycles. The maximum absolute atomic E-state index is 14.3. The summed E-state index contributed by atoms with van der Waals surface area (Å²) in [4.78, 5) is 16.4. The van der Waals surface area contributed by atoms with Crippen molar-refractivity contribution in [2.75, 3.05) is 5.32 Å². The van der Waals surface area contributed by atoms with Crippen LogP contribution in [0.2, 0.25) is 0 Å². The minimum Gasteiger partial charge on any atom is -0.486 e. The molecule has 6 heteroatoms. The van der Waals surface area contributed by atoms with Crippen LogP contribution in [-0.4, -0.2) is 10.9 Å². The van der Waals surface area contributed by atoms with Crippen molar-refractivity contribution in [3.05, 3.63) is 89.8 Å². The van der Waals surface area contributed by atoms with Gasteiger partial charge in [0.25, 0.3) is 0 Å². The van der Waals surface area contributed by atoms with Gasteiger partial charge in [-0.2, -0.15) is 0 Å². The first-order valence-electron chi connectivity index (χ1n) is 8.98. The molecule has 1 aliphatic rings. The number of hydrogen-bond acceptors (Lipinski definition) is 3. The molecule has 1 aromatic heterocycles. The van der Waals surface area contributed by atoms with Gasteiger partial charge in [0.2, 0.25) is 5.91 Å². The van der Waals surface area contributed by atoms with Crippen molar-refractivity contribution in [2.24, 2.45) is 5.92 Å². The number of pyridine rings is 1. The Morgan fingerprint density at radius 2 is 2.04 bits per heavy atom. The van der Waals surface area contributed by atoms with Crippen molar-refractivity contribution in [2.45, 2.75) is 18.9 Å². The van der Waals surface area contributed by atoms with Gasteiger partial charge in [-0.25, -0.2) is 8.78 Å². The molecule has 0 bridgehead atoms. The molecular formula is C22H18F2N2O2. The average Bonchev–Trinajstić information content (AvgIpc) is 3.49. The number of amides is 1. The number of ether oxygens (including phenoxy) is 1. The van der Waals surface area contributed by atoms with E-state index >= 15 is 0 Å². The summed E-state index contributed by atoms with van der Waals surface area (Å²) in [5, 5.41) is 2.75. The van der Waals surface area contributed by atoms with E-state index in [9.17, 15) is 13.6 Å². The summed E-state index contributed by atoms with van der Waals surface area (Å²) in [6.45, 7) is 0.0508. The summed E-state index contributed by atoms with van der Waals surface area (Å²) < 4.78 is 32.9. The third-order valence-corrected chi connectivity index (χ3v) is 4.72. The Morgan fingerprint density at radius 3 is 2.79 bits per heavy atom. The maximum atomic E-state index is 14.3. The predicted molar refractivity (Wildman–Crippen MR) is 101 cm³/mol. The second-order valence-electron chi connectivity index (χ2n) is 6.79. The smallest absolute Gasteiger partial charge is 0.228 e. The normalized spacial score (nSPS) is 17.8. The van der Waals surface area contributed by atoms with E-state index in [0.29, 0.717) is 11.3 Å². The highest BCUT2D eigenvalue weighted by Gasteiger charge is 2.44. The van der Waals surface area contributed by atoms with E-state index in [2.05, 4.69) is 10.3 Å². The Hall–Kier alpha value is -3.28. The highest BCUT2D eigenvalue weighted by atomic mass is 19.1. The van der Waals surface area contributed by atoms with Crippen LogP contribution in [0.25, 0.3) is 0 Å². The van der Waals surface area contributed by atoms with Crippen molar-refractivity contribution in [1.29, 1.82) is 0 Å². The Bertz CT molecular complexity index is 995. The molecule has 3 aromatic rings. The number of halogens is 2. The van der Waals surface area contributed by atoms with Gasteiger partial charge in [-0.3, -0.25) is 9.78 Å². The molecule has 1 amide bonds. The molecule has 0 spiro atoms. The van der Waals surface area contributed by atoms with Gasteiger partial charge in [0.1, 0.15) is 12.4 Å². The largest absolute Gasteiger partial charge is 0.486 e.